The van der Waals surface area contributed by atoms with Crippen molar-refractivity contribution < 1.29 is 24.2 Å². The Morgan fingerprint density at radius 2 is 1.68 bits per heavy atom. The molecule has 3 heterocycles. The van der Waals surface area contributed by atoms with Crippen molar-refractivity contribution in [3.63, 3.8) is 0 Å². The molecule has 6 rings (SSSR count). The van der Waals surface area contributed by atoms with Gasteiger partial charge in [-0.2, -0.15) is 0 Å². The summed E-state index contributed by atoms with van der Waals surface area (Å²) >= 11 is 6.22. The van der Waals surface area contributed by atoms with Gasteiger partial charge in [-0.25, -0.2) is 4.79 Å². The monoisotopic (exact) mass is 575 g/mol. The second kappa shape index (κ2) is 11.8. The second-order valence-electron chi connectivity index (χ2n) is 11.1. The van der Waals surface area contributed by atoms with Crippen molar-refractivity contribution in [2.24, 2.45) is 0 Å². The highest BCUT2D eigenvalue weighted by Gasteiger charge is 2.62. The van der Waals surface area contributed by atoms with E-state index in [1.165, 1.54) is 0 Å². The number of hydrogen-bond acceptors (Lipinski definition) is 6. The fourth-order valence-electron chi connectivity index (χ4n) is 6.22. The first kappa shape index (κ1) is 27.7. The van der Waals surface area contributed by atoms with Crippen molar-refractivity contribution in [2.45, 2.75) is 69.1 Å². The quantitative estimate of drug-likeness (QED) is 0.286. The lowest BCUT2D eigenvalue weighted by atomic mass is 9.98. The molecule has 3 aromatic carbocycles. The molecule has 3 aliphatic heterocycles. The van der Waals surface area contributed by atoms with Gasteiger partial charge in [-0.3, -0.25) is 15.0 Å². The van der Waals surface area contributed by atoms with E-state index in [4.69, 9.17) is 21.1 Å². The van der Waals surface area contributed by atoms with E-state index in [0.29, 0.717) is 65.5 Å². The van der Waals surface area contributed by atoms with E-state index in [9.17, 15) is 14.7 Å². The van der Waals surface area contributed by atoms with Gasteiger partial charge >= 0.3 is 6.09 Å². The average molecular weight is 576 g/mol. The molecule has 41 heavy (non-hydrogen) atoms. The van der Waals surface area contributed by atoms with Gasteiger partial charge in [0.25, 0.3) is 0 Å². The number of ether oxygens (including phenoxy) is 2. The van der Waals surface area contributed by atoms with Gasteiger partial charge in [0, 0.05) is 36.9 Å². The molecule has 2 bridgehead atoms. The van der Waals surface area contributed by atoms with Crippen molar-refractivity contribution in [1.29, 1.82) is 0 Å². The van der Waals surface area contributed by atoms with Gasteiger partial charge in [0.2, 0.25) is 5.91 Å². The number of carbonyl (C=O) groups excluding carboxylic acids is 2. The largest absolute Gasteiger partial charge is 0.446 e. The lowest BCUT2D eigenvalue weighted by Gasteiger charge is -2.37. The van der Waals surface area contributed by atoms with Crippen molar-refractivity contribution >= 4 is 35.0 Å². The number of nitrogens with zero attached hydrogens (tertiary/aromatic N) is 1. The fourth-order valence-corrected chi connectivity index (χ4v) is 6.47. The standard InChI is InChI=1S/C32H34ClN3O5/c1-36-27-16-22(17-28(36)31-30(27)41-31)40-32(39)35-25-12-10-19(14-23(25)21-7-3-2-4-8-21)6-5-9-29(38)34-26-13-11-20(18-37)15-24(26)33/h2-4,7-8,10-15,22,27-28,30-31,37H,5-6,9,16-18H2,1H3,(H,34,38)(H,35,39)/t22-,27-,28-,30-,31+/m0/s1. The number of piperidine rings is 1. The number of aliphatic hydroxyl groups is 1. The number of benzene rings is 3. The molecule has 3 aromatic rings. The Bertz CT molecular complexity index is 1420. The lowest BCUT2D eigenvalue weighted by molar-refractivity contribution is -0.116. The molecule has 9 heteroatoms. The molecule has 0 saturated carbocycles. The van der Waals surface area contributed by atoms with Crippen LogP contribution in [0, 0.1) is 0 Å². The molecule has 0 aliphatic carbocycles. The van der Waals surface area contributed by atoms with Crippen molar-refractivity contribution in [2.75, 3.05) is 17.7 Å². The Morgan fingerprint density at radius 1 is 0.976 bits per heavy atom. The molecular weight excluding hydrogens is 542 g/mol. The predicted molar refractivity (Wildman–Crippen MR) is 158 cm³/mol. The van der Waals surface area contributed by atoms with Crippen LogP contribution >= 0.6 is 11.6 Å². The van der Waals surface area contributed by atoms with Gasteiger partial charge < -0.3 is 19.9 Å². The minimum atomic E-state index is -0.444. The Balaban J connectivity index is 1.07. The molecule has 0 spiro atoms. The average Bonchev–Trinajstić information content (AvgIpc) is 3.74. The Morgan fingerprint density at radius 3 is 2.39 bits per heavy atom. The SMILES string of the molecule is CN1[C@H]2C[C@H](OC(=O)Nc3ccc(CCCC(=O)Nc4ccc(CO)cc4Cl)cc3-c3ccccc3)C[C@H]1[C@H]1O[C@H]12. The summed E-state index contributed by atoms with van der Waals surface area (Å²) in [5.74, 6) is -0.126. The molecule has 214 valence electrons. The van der Waals surface area contributed by atoms with E-state index in [0.717, 1.165) is 29.5 Å². The van der Waals surface area contributed by atoms with E-state index < -0.39 is 6.09 Å². The number of rotatable bonds is 9. The third-order valence-corrected chi connectivity index (χ3v) is 8.73. The van der Waals surface area contributed by atoms with Crippen molar-refractivity contribution in [3.05, 3.63) is 82.9 Å². The molecule has 3 saturated heterocycles. The van der Waals surface area contributed by atoms with Crippen LogP contribution in [0.4, 0.5) is 16.2 Å². The maximum atomic E-state index is 13.0. The number of anilines is 2. The third-order valence-electron chi connectivity index (χ3n) is 8.41. The van der Waals surface area contributed by atoms with E-state index in [2.05, 4.69) is 28.6 Å². The number of likely N-dealkylation sites (N-methyl/N-ethyl adjacent to an activating group) is 1. The van der Waals surface area contributed by atoms with Crippen LogP contribution in [-0.4, -0.2) is 59.5 Å². The molecule has 5 atom stereocenters. The van der Waals surface area contributed by atoms with Gasteiger partial charge in [-0.15, -0.1) is 0 Å². The number of carbonyl (C=O) groups is 2. The summed E-state index contributed by atoms with van der Waals surface area (Å²) in [7, 11) is 2.13. The van der Waals surface area contributed by atoms with Crippen molar-refractivity contribution in [1.82, 2.24) is 4.90 Å². The molecule has 3 fully saturated rings. The van der Waals surface area contributed by atoms with Gasteiger partial charge in [-0.1, -0.05) is 54.1 Å². The van der Waals surface area contributed by atoms with E-state index >= 15 is 0 Å². The zero-order valence-corrected chi connectivity index (χ0v) is 23.6. The lowest BCUT2D eigenvalue weighted by Crippen LogP contribution is -2.48. The maximum Gasteiger partial charge on any atom is 0.411 e. The smallest absolute Gasteiger partial charge is 0.411 e. The second-order valence-corrected chi connectivity index (χ2v) is 11.5. The first-order valence-corrected chi connectivity index (χ1v) is 14.5. The van der Waals surface area contributed by atoms with Crippen molar-refractivity contribution in [3.8, 4) is 11.1 Å². The minimum absolute atomic E-state index is 0.107. The van der Waals surface area contributed by atoms with Gasteiger partial charge in [0.1, 0.15) is 18.3 Å². The molecule has 3 aliphatic rings. The molecule has 2 amide bonds. The van der Waals surface area contributed by atoms with Crippen LogP contribution in [0.15, 0.2) is 66.7 Å². The number of morpholine rings is 1. The van der Waals surface area contributed by atoms with Crippen LogP contribution in [0.5, 0.6) is 0 Å². The summed E-state index contributed by atoms with van der Waals surface area (Å²) in [6, 6.07) is 21.6. The van der Waals surface area contributed by atoms with Crippen LogP contribution in [0.2, 0.25) is 5.02 Å². The summed E-state index contributed by atoms with van der Waals surface area (Å²) in [4.78, 5) is 27.9. The molecule has 8 nitrogen and oxygen atoms in total. The van der Waals surface area contributed by atoms with Crippen LogP contribution in [-0.2, 0) is 27.3 Å². The van der Waals surface area contributed by atoms with E-state index in [-0.39, 0.29) is 18.6 Å². The Hall–Kier alpha value is -3.43. The zero-order chi connectivity index (χ0) is 28.5. The normalized spacial score (nSPS) is 24.4. The number of amides is 2. The number of nitrogens with one attached hydrogen (secondary N) is 2. The summed E-state index contributed by atoms with van der Waals surface area (Å²) < 4.78 is 11.6. The number of epoxide rings is 1. The summed E-state index contributed by atoms with van der Waals surface area (Å²) in [6.45, 7) is -0.107. The highest BCUT2D eigenvalue weighted by molar-refractivity contribution is 6.33. The third kappa shape index (κ3) is 6.11. The summed E-state index contributed by atoms with van der Waals surface area (Å²) in [6.07, 6.45) is 3.27. The van der Waals surface area contributed by atoms with Crippen LogP contribution < -0.4 is 10.6 Å². The van der Waals surface area contributed by atoms with Crippen LogP contribution in [0.3, 0.4) is 0 Å². The van der Waals surface area contributed by atoms with Crippen LogP contribution in [0.25, 0.3) is 11.1 Å². The number of aryl methyl sites for hydroxylation is 1. The molecule has 0 unspecified atom stereocenters. The van der Waals surface area contributed by atoms with Gasteiger partial charge in [0.05, 0.1) is 23.0 Å². The van der Waals surface area contributed by atoms with E-state index in [1.54, 1.807) is 18.2 Å². The summed E-state index contributed by atoms with van der Waals surface area (Å²) in [5, 5.41) is 15.5. The van der Waals surface area contributed by atoms with Crippen LogP contribution in [0.1, 0.15) is 36.8 Å². The molecule has 0 radical (unpaired) electrons. The van der Waals surface area contributed by atoms with Gasteiger partial charge in [0.15, 0.2) is 0 Å². The highest BCUT2D eigenvalue weighted by Crippen LogP contribution is 2.48. The topological polar surface area (TPSA) is 103 Å². The van der Waals surface area contributed by atoms with Gasteiger partial charge in [-0.05, 0) is 60.8 Å². The van der Waals surface area contributed by atoms with E-state index in [1.807, 2.05) is 42.5 Å². The zero-order valence-electron chi connectivity index (χ0n) is 22.9. The summed E-state index contributed by atoms with van der Waals surface area (Å²) in [5.41, 5.74) is 4.85. The predicted octanol–water partition coefficient (Wildman–Crippen LogP) is 5.62. The number of halogens is 1. The first-order chi connectivity index (χ1) is 19.9. The number of fused-ring (bicyclic) bond motifs is 5. The Kier molecular flexibility index (Phi) is 7.99. The first-order valence-electron chi connectivity index (χ1n) is 14.1. The molecular formula is C32H34ClN3O5. The highest BCUT2D eigenvalue weighted by atomic mass is 35.5. The maximum absolute atomic E-state index is 13.0. The molecule has 0 aromatic heterocycles. The Labute approximate surface area is 244 Å². The fraction of sp³-hybridized carbons (Fsp3) is 0.375. The number of hydrogen-bond donors (Lipinski definition) is 3. The minimum Gasteiger partial charge on any atom is -0.446 e. The molecule has 3 N–H and O–H groups in total. The number of aliphatic hydroxyl groups excluding tert-OH is 1.